The van der Waals surface area contributed by atoms with Crippen LogP contribution in [0, 0.1) is 10.1 Å². The van der Waals surface area contributed by atoms with E-state index in [1.807, 2.05) is 6.92 Å². The van der Waals surface area contributed by atoms with E-state index in [1.165, 1.54) is 12.1 Å². The molecule has 1 aromatic heterocycles. The molecule has 0 saturated carbocycles. The van der Waals surface area contributed by atoms with Crippen LogP contribution in [0.4, 0.5) is 5.00 Å². The Morgan fingerprint density at radius 1 is 1.13 bits per heavy atom. The third kappa shape index (κ3) is 4.27. The third-order valence-electron chi connectivity index (χ3n) is 2.71. The van der Waals surface area contributed by atoms with E-state index in [9.17, 15) is 19.7 Å². The van der Waals surface area contributed by atoms with Gasteiger partial charge in [0.25, 0.3) is 11.8 Å². The van der Waals surface area contributed by atoms with Crippen LogP contribution in [-0.4, -0.2) is 23.3 Å². The first-order chi connectivity index (χ1) is 11.0. The zero-order valence-electron chi connectivity index (χ0n) is 12.1. The monoisotopic (exact) mass is 335 g/mol. The van der Waals surface area contributed by atoms with E-state index in [0.29, 0.717) is 17.9 Å². The summed E-state index contributed by atoms with van der Waals surface area (Å²) < 4.78 is 5.26. The van der Waals surface area contributed by atoms with E-state index in [4.69, 9.17) is 4.74 Å². The maximum atomic E-state index is 11.9. The summed E-state index contributed by atoms with van der Waals surface area (Å²) in [4.78, 5) is 33.8. The van der Waals surface area contributed by atoms with Crippen molar-refractivity contribution in [1.82, 2.24) is 10.9 Å². The van der Waals surface area contributed by atoms with Gasteiger partial charge in [-0.05, 0) is 37.3 Å². The number of ether oxygens (including phenoxy) is 1. The maximum absolute atomic E-state index is 11.9. The van der Waals surface area contributed by atoms with Crippen molar-refractivity contribution in [2.45, 2.75) is 6.92 Å². The van der Waals surface area contributed by atoms with E-state index < -0.39 is 16.7 Å². The standard InChI is InChI=1S/C14H13N3O5S/c1-2-22-10-5-3-9(4-6-10)13(18)15-16-14(19)11-7-8-12(23-11)17(20)21/h3-8H,2H2,1H3,(H,15,18)(H,16,19). The lowest BCUT2D eigenvalue weighted by Crippen LogP contribution is -2.41. The minimum atomic E-state index is -0.623. The highest BCUT2D eigenvalue weighted by atomic mass is 32.1. The normalized spacial score (nSPS) is 9.96. The number of benzene rings is 1. The molecular weight excluding hydrogens is 322 g/mol. The van der Waals surface area contributed by atoms with Crippen molar-refractivity contribution in [3.63, 3.8) is 0 Å². The van der Waals surface area contributed by atoms with E-state index in [1.54, 1.807) is 24.3 Å². The van der Waals surface area contributed by atoms with Crippen molar-refractivity contribution in [2.75, 3.05) is 6.61 Å². The molecule has 0 aliphatic heterocycles. The Bertz CT molecular complexity index is 726. The van der Waals surface area contributed by atoms with Crippen molar-refractivity contribution in [3.8, 4) is 5.75 Å². The van der Waals surface area contributed by atoms with Gasteiger partial charge in [0.1, 0.15) is 10.6 Å². The highest BCUT2D eigenvalue weighted by molar-refractivity contribution is 7.17. The Morgan fingerprint density at radius 3 is 2.35 bits per heavy atom. The maximum Gasteiger partial charge on any atom is 0.324 e. The predicted molar refractivity (Wildman–Crippen MR) is 83.5 cm³/mol. The van der Waals surface area contributed by atoms with Gasteiger partial charge in [-0.15, -0.1) is 0 Å². The van der Waals surface area contributed by atoms with Gasteiger partial charge in [0.05, 0.1) is 11.5 Å². The van der Waals surface area contributed by atoms with Gasteiger partial charge in [-0.1, -0.05) is 11.3 Å². The molecule has 2 rings (SSSR count). The second kappa shape index (κ2) is 7.36. The third-order valence-corrected chi connectivity index (χ3v) is 3.75. The first-order valence-corrected chi connectivity index (χ1v) is 7.40. The van der Waals surface area contributed by atoms with E-state index in [-0.39, 0.29) is 9.88 Å². The summed E-state index contributed by atoms with van der Waals surface area (Å²) in [5.74, 6) is -0.492. The average molecular weight is 335 g/mol. The van der Waals surface area contributed by atoms with Crippen LogP contribution in [-0.2, 0) is 0 Å². The van der Waals surface area contributed by atoms with Gasteiger partial charge < -0.3 is 4.74 Å². The summed E-state index contributed by atoms with van der Waals surface area (Å²) >= 11 is 0.725. The summed E-state index contributed by atoms with van der Waals surface area (Å²) in [6, 6.07) is 8.95. The molecule has 0 saturated heterocycles. The number of thiophene rings is 1. The number of carbonyl (C=O) groups is 2. The molecule has 0 unspecified atom stereocenters. The SMILES string of the molecule is CCOc1ccc(C(=O)NNC(=O)c2ccc([N+](=O)[O-])s2)cc1. The summed E-state index contributed by atoms with van der Waals surface area (Å²) in [5.41, 5.74) is 4.79. The fraction of sp³-hybridized carbons (Fsp3) is 0.143. The number of nitrogens with one attached hydrogen (secondary N) is 2. The lowest BCUT2D eigenvalue weighted by Gasteiger charge is -2.07. The van der Waals surface area contributed by atoms with Crippen molar-refractivity contribution < 1.29 is 19.2 Å². The second-order valence-corrected chi connectivity index (χ2v) is 5.32. The second-order valence-electron chi connectivity index (χ2n) is 4.26. The van der Waals surface area contributed by atoms with Gasteiger partial charge in [0.2, 0.25) is 0 Å². The summed E-state index contributed by atoms with van der Waals surface area (Å²) in [6.45, 7) is 2.37. The van der Waals surface area contributed by atoms with Crippen molar-refractivity contribution in [3.05, 3.63) is 57.0 Å². The molecule has 0 bridgehead atoms. The van der Waals surface area contributed by atoms with Crippen molar-refractivity contribution >= 4 is 28.2 Å². The van der Waals surface area contributed by atoms with E-state index in [0.717, 1.165) is 11.3 Å². The molecule has 2 amide bonds. The lowest BCUT2D eigenvalue weighted by atomic mass is 10.2. The molecule has 0 spiro atoms. The molecule has 8 nitrogen and oxygen atoms in total. The smallest absolute Gasteiger partial charge is 0.324 e. The van der Waals surface area contributed by atoms with Crippen LogP contribution in [0.5, 0.6) is 5.75 Å². The molecule has 0 aliphatic rings. The van der Waals surface area contributed by atoms with Gasteiger partial charge in [-0.3, -0.25) is 30.6 Å². The zero-order chi connectivity index (χ0) is 16.8. The predicted octanol–water partition coefficient (Wildman–Crippen LogP) is 2.13. The fourth-order valence-corrected chi connectivity index (χ4v) is 2.38. The molecule has 2 aromatic rings. The molecule has 23 heavy (non-hydrogen) atoms. The van der Waals surface area contributed by atoms with Crippen LogP contribution >= 0.6 is 11.3 Å². The number of hydrogen-bond acceptors (Lipinski definition) is 6. The van der Waals surface area contributed by atoms with Crippen LogP contribution in [0.3, 0.4) is 0 Å². The van der Waals surface area contributed by atoms with E-state index >= 15 is 0 Å². The molecule has 1 heterocycles. The first-order valence-electron chi connectivity index (χ1n) is 6.59. The first kappa shape index (κ1) is 16.4. The minimum absolute atomic E-state index is 0.128. The van der Waals surface area contributed by atoms with Crippen molar-refractivity contribution in [1.29, 1.82) is 0 Å². The number of nitrogens with zero attached hydrogens (tertiary/aromatic N) is 1. The molecule has 120 valence electrons. The molecule has 0 radical (unpaired) electrons. The Balaban J connectivity index is 1.92. The van der Waals surface area contributed by atoms with Crippen molar-refractivity contribution in [2.24, 2.45) is 0 Å². The number of hydrogen-bond donors (Lipinski definition) is 2. The van der Waals surface area contributed by atoms with Crippen LogP contribution < -0.4 is 15.6 Å². The van der Waals surface area contributed by atoms with Gasteiger partial charge >= 0.3 is 5.00 Å². The van der Waals surface area contributed by atoms with Gasteiger partial charge in [-0.25, -0.2) is 0 Å². The molecule has 0 atom stereocenters. The van der Waals surface area contributed by atoms with Gasteiger partial charge in [-0.2, -0.15) is 0 Å². The van der Waals surface area contributed by atoms with Crippen LogP contribution in [0.15, 0.2) is 36.4 Å². The topological polar surface area (TPSA) is 111 Å². The molecule has 1 aromatic carbocycles. The quantitative estimate of drug-likeness (QED) is 0.642. The van der Waals surface area contributed by atoms with Crippen LogP contribution in [0.2, 0.25) is 0 Å². The largest absolute Gasteiger partial charge is 0.494 e. The van der Waals surface area contributed by atoms with Gasteiger partial charge in [0, 0.05) is 11.6 Å². The molecule has 2 N–H and O–H groups in total. The Kier molecular flexibility index (Phi) is 5.26. The highest BCUT2D eigenvalue weighted by Crippen LogP contribution is 2.23. The van der Waals surface area contributed by atoms with Crippen LogP contribution in [0.25, 0.3) is 0 Å². The average Bonchev–Trinajstić information content (AvgIpc) is 3.03. The van der Waals surface area contributed by atoms with Gasteiger partial charge in [0.15, 0.2) is 0 Å². The summed E-state index contributed by atoms with van der Waals surface area (Å²) in [6.07, 6.45) is 0. The number of nitro groups is 1. The Hall–Kier alpha value is -2.94. The highest BCUT2D eigenvalue weighted by Gasteiger charge is 2.16. The van der Waals surface area contributed by atoms with Crippen LogP contribution in [0.1, 0.15) is 27.0 Å². The number of hydrazine groups is 1. The van der Waals surface area contributed by atoms with E-state index in [2.05, 4.69) is 10.9 Å². The summed E-state index contributed by atoms with van der Waals surface area (Å²) in [5, 5.41) is 10.4. The number of carbonyl (C=O) groups excluding carboxylic acids is 2. The zero-order valence-corrected chi connectivity index (χ0v) is 12.9. The molecule has 9 heteroatoms. The lowest BCUT2D eigenvalue weighted by molar-refractivity contribution is -0.380. The molecule has 0 aliphatic carbocycles. The minimum Gasteiger partial charge on any atom is -0.494 e. The Labute approximate surface area is 135 Å². The molecule has 0 fully saturated rings. The fourth-order valence-electron chi connectivity index (χ4n) is 1.66. The number of rotatable bonds is 5. The summed E-state index contributed by atoms with van der Waals surface area (Å²) in [7, 11) is 0. The number of amides is 2. The molecular formula is C14H13N3O5S. The Morgan fingerprint density at radius 2 is 1.78 bits per heavy atom.